The number of aromatic nitrogens is 2. The van der Waals surface area contributed by atoms with E-state index in [1.54, 1.807) is 18.4 Å². The third kappa shape index (κ3) is 3.00. The van der Waals surface area contributed by atoms with Crippen molar-refractivity contribution in [1.29, 1.82) is 0 Å². The highest BCUT2D eigenvalue weighted by molar-refractivity contribution is 7.10. The summed E-state index contributed by atoms with van der Waals surface area (Å²) < 4.78 is 7.22. The SMILES string of the molecule is CCCn1cc(NCc2sccc2OC)cn1. The standard InChI is InChI=1S/C12H17N3OS/c1-3-5-15-9-10(7-14-15)13-8-12-11(16-2)4-6-17-12/h4,6-7,9,13H,3,5,8H2,1-2H3. The lowest BCUT2D eigenvalue weighted by molar-refractivity contribution is 0.413. The van der Waals surface area contributed by atoms with Gasteiger partial charge in [-0.2, -0.15) is 5.10 Å². The highest BCUT2D eigenvalue weighted by Gasteiger charge is 2.04. The monoisotopic (exact) mass is 251 g/mol. The van der Waals surface area contributed by atoms with E-state index >= 15 is 0 Å². The molecule has 1 N–H and O–H groups in total. The number of aryl methyl sites for hydroxylation is 1. The first kappa shape index (κ1) is 12.0. The Labute approximate surface area is 105 Å². The molecule has 0 aliphatic rings. The molecule has 92 valence electrons. The van der Waals surface area contributed by atoms with Crippen LogP contribution in [0.15, 0.2) is 23.8 Å². The molecule has 2 aromatic heterocycles. The van der Waals surface area contributed by atoms with Gasteiger partial charge in [-0.25, -0.2) is 0 Å². The fourth-order valence-corrected chi connectivity index (χ4v) is 2.41. The van der Waals surface area contributed by atoms with Crippen LogP contribution in [0.25, 0.3) is 0 Å². The lowest BCUT2D eigenvalue weighted by Crippen LogP contribution is -1.99. The normalized spacial score (nSPS) is 10.5. The van der Waals surface area contributed by atoms with E-state index in [1.165, 1.54) is 4.88 Å². The summed E-state index contributed by atoms with van der Waals surface area (Å²) in [6, 6.07) is 1.99. The zero-order chi connectivity index (χ0) is 12.1. The number of ether oxygens (including phenoxy) is 1. The van der Waals surface area contributed by atoms with Gasteiger partial charge in [-0.15, -0.1) is 11.3 Å². The lowest BCUT2D eigenvalue weighted by Gasteiger charge is -2.04. The molecule has 0 aliphatic heterocycles. The number of nitrogens with zero attached hydrogens (tertiary/aromatic N) is 2. The molecular formula is C12H17N3OS. The molecule has 0 radical (unpaired) electrons. The summed E-state index contributed by atoms with van der Waals surface area (Å²) >= 11 is 1.70. The number of hydrogen-bond donors (Lipinski definition) is 1. The van der Waals surface area contributed by atoms with E-state index in [0.29, 0.717) is 0 Å². The van der Waals surface area contributed by atoms with Crippen molar-refractivity contribution in [3.8, 4) is 5.75 Å². The van der Waals surface area contributed by atoms with Gasteiger partial charge in [-0.1, -0.05) is 6.92 Å². The predicted molar refractivity (Wildman–Crippen MR) is 70.7 cm³/mol. The Bertz CT molecular complexity index is 464. The number of anilines is 1. The van der Waals surface area contributed by atoms with E-state index in [-0.39, 0.29) is 0 Å². The van der Waals surface area contributed by atoms with E-state index in [9.17, 15) is 0 Å². The third-order valence-electron chi connectivity index (χ3n) is 2.46. The Balaban J connectivity index is 1.93. The minimum absolute atomic E-state index is 0.776. The number of hydrogen-bond acceptors (Lipinski definition) is 4. The number of rotatable bonds is 6. The predicted octanol–water partition coefficient (Wildman–Crippen LogP) is 2.98. The van der Waals surface area contributed by atoms with Crippen molar-refractivity contribution >= 4 is 17.0 Å². The van der Waals surface area contributed by atoms with E-state index < -0.39 is 0 Å². The van der Waals surface area contributed by atoms with Crippen LogP contribution in [0.4, 0.5) is 5.69 Å². The van der Waals surface area contributed by atoms with Crippen molar-refractivity contribution in [3.63, 3.8) is 0 Å². The molecule has 0 spiro atoms. The average molecular weight is 251 g/mol. The van der Waals surface area contributed by atoms with Crippen molar-refractivity contribution in [2.45, 2.75) is 26.4 Å². The molecule has 0 saturated carbocycles. The van der Waals surface area contributed by atoms with Gasteiger partial charge in [0.05, 0.1) is 30.4 Å². The third-order valence-corrected chi connectivity index (χ3v) is 3.37. The van der Waals surface area contributed by atoms with Crippen molar-refractivity contribution in [1.82, 2.24) is 9.78 Å². The van der Waals surface area contributed by atoms with Gasteiger partial charge in [0.1, 0.15) is 5.75 Å². The van der Waals surface area contributed by atoms with Crippen molar-refractivity contribution in [2.75, 3.05) is 12.4 Å². The lowest BCUT2D eigenvalue weighted by atomic mass is 10.4. The van der Waals surface area contributed by atoms with Crippen LogP contribution >= 0.6 is 11.3 Å². The summed E-state index contributed by atoms with van der Waals surface area (Å²) in [5.74, 6) is 0.948. The van der Waals surface area contributed by atoms with Gasteiger partial charge in [-0.3, -0.25) is 4.68 Å². The number of nitrogens with one attached hydrogen (secondary N) is 1. The second kappa shape index (κ2) is 5.72. The summed E-state index contributed by atoms with van der Waals surface area (Å²) in [5, 5.41) is 9.66. The molecule has 0 bridgehead atoms. The summed E-state index contributed by atoms with van der Waals surface area (Å²) in [5.41, 5.74) is 1.05. The highest BCUT2D eigenvalue weighted by Crippen LogP contribution is 2.25. The Morgan fingerprint density at radius 3 is 3.18 bits per heavy atom. The summed E-state index contributed by atoms with van der Waals surface area (Å²) in [6.07, 6.45) is 4.99. The molecule has 0 aromatic carbocycles. The molecule has 4 nitrogen and oxygen atoms in total. The first-order chi connectivity index (χ1) is 8.33. The maximum atomic E-state index is 5.27. The van der Waals surface area contributed by atoms with Crippen molar-refractivity contribution in [2.24, 2.45) is 0 Å². The zero-order valence-electron chi connectivity index (χ0n) is 10.1. The number of thiophene rings is 1. The molecule has 0 amide bonds. The maximum Gasteiger partial charge on any atom is 0.134 e. The smallest absolute Gasteiger partial charge is 0.134 e. The van der Waals surface area contributed by atoms with Crippen LogP contribution in [0.1, 0.15) is 18.2 Å². The van der Waals surface area contributed by atoms with Crippen LogP contribution < -0.4 is 10.1 Å². The molecule has 0 unspecified atom stereocenters. The minimum Gasteiger partial charge on any atom is -0.496 e. The van der Waals surface area contributed by atoms with E-state index in [2.05, 4.69) is 17.3 Å². The molecule has 2 aromatic rings. The van der Waals surface area contributed by atoms with Crippen LogP contribution in [0.3, 0.4) is 0 Å². The Morgan fingerprint density at radius 1 is 1.53 bits per heavy atom. The highest BCUT2D eigenvalue weighted by atomic mass is 32.1. The van der Waals surface area contributed by atoms with E-state index in [4.69, 9.17) is 4.74 Å². The molecule has 5 heteroatoms. The molecule has 0 aliphatic carbocycles. The minimum atomic E-state index is 0.776. The molecule has 2 rings (SSSR count). The first-order valence-electron chi connectivity index (χ1n) is 5.70. The van der Waals surface area contributed by atoms with Crippen LogP contribution in [0.2, 0.25) is 0 Å². The Kier molecular flexibility index (Phi) is 4.03. The van der Waals surface area contributed by atoms with Crippen LogP contribution in [0.5, 0.6) is 5.75 Å². The van der Waals surface area contributed by atoms with E-state index in [0.717, 1.165) is 30.9 Å². The van der Waals surface area contributed by atoms with Gasteiger partial charge in [0.25, 0.3) is 0 Å². The molecule has 17 heavy (non-hydrogen) atoms. The quantitative estimate of drug-likeness (QED) is 0.858. The second-order valence-corrected chi connectivity index (χ2v) is 4.76. The zero-order valence-corrected chi connectivity index (χ0v) is 11.0. The molecule has 2 heterocycles. The van der Waals surface area contributed by atoms with Crippen molar-refractivity contribution < 1.29 is 4.74 Å². The molecule has 0 atom stereocenters. The fraction of sp³-hybridized carbons (Fsp3) is 0.417. The van der Waals surface area contributed by atoms with Gasteiger partial charge in [0.2, 0.25) is 0 Å². The van der Waals surface area contributed by atoms with Gasteiger partial charge in [0, 0.05) is 12.7 Å². The van der Waals surface area contributed by atoms with Crippen molar-refractivity contribution in [3.05, 3.63) is 28.7 Å². The van der Waals surface area contributed by atoms with Crippen LogP contribution in [0, 0.1) is 0 Å². The second-order valence-electron chi connectivity index (χ2n) is 3.76. The van der Waals surface area contributed by atoms with Gasteiger partial charge in [-0.05, 0) is 17.9 Å². The Morgan fingerprint density at radius 2 is 2.41 bits per heavy atom. The Hall–Kier alpha value is -1.49. The fourth-order valence-electron chi connectivity index (χ4n) is 1.63. The van der Waals surface area contributed by atoms with Gasteiger partial charge < -0.3 is 10.1 Å². The largest absolute Gasteiger partial charge is 0.496 e. The van der Waals surface area contributed by atoms with Gasteiger partial charge >= 0.3 is 0 Å². The molecular weight excluding hydrogens is 234 g/mol. The average Bonchev–Trinajstić information content (AvgIpc) is 2.95. The van der Waals surface area contributed by atoms with Gasteiger partial charge in [0.15, 0.2) is 0 Å². The maximum absolute atomic E-state index is 5.27. The summed E-state index contributed by atoms with van der Waals surface area (Å²) in [4.78, 5) is 1.20. The molecule has 0 saturated heterocycles. The number of methoxy groups -OCH3 is 1. The summed E-state index contributed by atoms with van der Waals surface area (Å²) in [6.45, 7) is 3.88. The van der Waals surface area contributed by atoms with E-state index in [1.807, 2.05) is 28.5 Å². The molecule has 0 fully saturated rings. The van der Waals surface area contributed by atoms with Crippen LogP contribution in [-0.4, -0.2) is 16.9 Å². The van der Waals surface area contributed by atoms with Crippen LogP contribution in [-0.2, 0) is 13.1 Å². The summed E-state index contributed by atoms with van der Waals surface area (Å²) in [7, 11) is 1.70. The topological polar surface area (TPSA) is 39.1 Å². The first-order valence-corrected chi connectivity index (χ1v) is 6.58.